The molecule has 0 amide bonds. The fourth-order valence-corrected chi connectivity index (χ4v) is 5.10. The molecule has 0 aliphatic heterocycles. The molecular formula is C18H21Cl2NO2S2. The van der Waals surface area contributed by atoms with Crippen LogP contribution in [0.15, 0.2) is 34.5 Å². The van der Waals surface area contributed by atoms with Crippen molar-refractivity contribution in [3.63, 3.8) is 0 Å². The molecule has 136 valence electrons. The predicted octanol–water partition coefficient (Wildman–Crippen LogP) is 5.84. The average Bonchev–Trinajstić information content (AvgIpc) is 3.07. The van der Waals surface area contributed by atoms with E-state index >= 15 is 0 Å². The molecule has 0 aliphatic rings. The third kappa shape index (κ3) is 5.90. The molecule has 1 aromatic carbocycles. The fraction of sp³-hybridized carbons (Fsp3) is 0.389. The highest BCUT2D eigenvalue weighted by Gasteiger charge is 2.13. The number of thiophene rings is 1. The Morgan fingerprint density at radius 2 is 2.00 bits per heavy atom. The Balaban J connectivity index is 1.79. The summed E-state index contributed by atoms with van der Waals surface area (Å²) in [4.78, 5) is 12.9. The summed E-state index contributed by atoms with van der Waals surface area (Å²) in [6.45, 7) is 2.13. The Kier molecular flexibility index (Phi) is 8.10. The second-order valence-corrected chi connectivity index (χ2v) is 9.40. The van der Waals surface area contributed by atoms with Gasteiger partial charge in [0.1, 0.15) is 15.2 Å². The molecule has 1 heterocycles. The largest absolute Gasteiger partial charge is 0.293 e. The maximum atomic E-state index is 12.2. The second kappa shape index (κ2) is 9.83. The van der Waals surface area contributed by atoms with E-state index in [1.807, 2.05) is 12.1 Å². The van der Waals surface area contributed by atoms with Gasteiger partial charge in [-0.2, -0.15) is 0 Å². The Morgan fingerprint density at radius 3 is 2.68 bits per heavy atom. The van der Waals surface area contributed by atoms with Crippen LogP contribution in [0.5, 0.6) is 0 Å². The van der Waals surface area contributed by atoms with E-state index in [9.17, 15) is 9.00 Å². The molecule has 0 fully saturated rings. The van der Waals surface area contributed by atoms with E-state index in [1.165, 1.54) is 11.3 Å². The van der Waals surface area contributed by atoms with Gasteiger partial charge in [-0.05, 0) is 55.6 Å². The average molecular weight is 418 g/mol. The molecule has 0 aliphatic carbocycles. The van der Waals surface area contributed by atoms with Gasteiger partial charge in [-0.25, -0.2) is 8.93 Å². The number of hydrogen-bond donors (Lipinski definition) is 1. The van der Waals surface area contributed by atoms with Crippen LogP contribution in [0.2, 0.25) is 10.0 Å². The number of hydrogen-bond acceptors (Lipinski definition) is 3. The molecular weight excluding hydrogens is 397 g/mol. The van der Waals surface area contributed by atoms with Crippen LogP contribution in [0.4, 0.5) is 0 Å². The van der Waals surface area contributed by atoms with E-state index < -0.39 is 11.0 Å². The van der Waals surface area contributed by atoms with Gasteiger partial charge in [0.2, 0.25) is 0 Å². The van der Waals surface area contributed by atoms with Crippen molar-refractivity contribution in [2.75, 3.05) is 7.05 Å². The molecule has 1 N–H and O–H groups in total. The molecule has 25 heavy (non-hydrogen) atoms. The summed E-state index contributed by atoms with van der Waals surface area (Å²) in [5, 5.41) is 1.33. The normalized spacial score (nSPS) is 13.6. The molecule has 0 saturated carbocycles. The molecule has 0 radical (unpaired) electrons. The highest BCUT2D eigenvalue weighted by Crippen LogP contribution is 2.30. The van der Waals surface area contributed by atoms with Crippen molar-refractivity contribution in [3.8, 4) is 0 Å². The van der Waals surface area contributed by atoms with Gasteiger partial charge in [-0.1, -0.05) is 42.6 Å². The van der Waals surface area contributed by atoms with Crippen LogP contribution >= 0.6 is 34.5 Å². The summed E-state index contributed by atoms with van der Waals surface area (Å²) in [6, 6.07) is 9.09. The second-order valence-electron chi connectivity index (χ2n) is 5.83. The first kappa shape index (κ1) is 20.6. The number of nitrogens with one attached hydrogen (secondary N) is 1. The van der Waals surface area contributed by atoms with Crippen LogP contribution in [-0.4, -0.2) is 17.0 Å². The number of Topliss-reactive ketones (excluding diaryl/α,β-unsaturated/α-hetero) is 1. The van der Waals surface area contributed by atoms with Crippen molar-refractivity contribution in [1.82, 2.24) is 4.72 Å². The van der Waals surface area contributed by atoms with Gasteiger partial charge in [0, 0.05) is 16.5 Å². The smallest absolute Gasteiger partial charge is 0.172 e. The summed E-state index contributed by atoms with van der Waals surface area (Å²) < 4.78 is 15.0. The lowest BCUT2D eigenvalue weighted by atomic mass is 9.94. The van der Waals surface area contributed by atoms with Crippen LogP contribution in [0, 0.1) is 0 Å². The molecule has 1 unspecified atom stereocenters. The maximum absolute atomic E-state index is 12.2. The van der Waals surface area contributed by atoms with E-state index in [0.29, 0.717) is 31.5 Å². The zero-order chi connectivity index (χ0) is 18.4. The lowest BCUT2D eigenvalue weighted by molar-refractivity contribution is 0.0983. The monoisotopic (exact) mass is 417 g/mol. The first-order chi connectivity index (χ1) is 11.9. The van der Waals surface area contributed by atoms with Gasteiger partial charge < -0.3 is 0 Å². The minimum absolute atomic E-state index is 0.113. The number of benzene rings is 1. The molecule has 2 rings (SSSR count). The Morgan fingerprint density at radius 1 is 1.24 bits per heavy atom. The molecule has 0 bridgehead atoms. The zero-order valence-electron chi connectivity index (χ0n) is 14.2. The number of unbranched alkanes of at least 4 members (excludes halogenated alkanes) is 1. The van der Waals surface area contributed by atoms with Crippen LogP contribution < -0.4 is 4.72 Å². The van der Waals surface area contributed by atoms with Crippen LogP contribution in [0.1, 0.15) is 53.8 Å². The Hall–Kier alpha value is -0.720. The molecule has 3 nitrogen and oxygen atoms in total. The SMILES string of the molecule is CNS(=O)c1ccc(C(=O)CCCC[C@H](C)c2ccc(Cl)cc2Cl)s1. The lowest BCUT2D eigenvalue weighted by Gasteiger charge is -2.13. The summed E-state index contributed by atoms with van der Waals surface area (Å²) in [5.41, 5.74) is 1.09. The van der Waals surface area contributed by atoms with Gasteiger partial charge in [0.25, 0.3) is 0 Å². The molecule has 0 saturated heterocycles. The fourth-order valence-electron chi connectivity index (χ4n) is 2.59. The van der Waals surface area contributed by atoms with Crippen LogP contribution in [-0.2, 0) is 11.0 Å². The van der Waals surface area contributed by atoms with Crippen molar-refractivity contribution in [2.45, 2.75) is 42.7 Å². The molecule has 1 aromatic heterocycles. The van der Waals surface area contributed by atoms with Crippen molar-refractivity contribution in [2.24, 2.45) is 0 Å². The van der Waals surface area contributed by atoms with E-state index in [4.69, 9.17) is 23.2 Å². The van der Waals surface area contributed by atoms with Crippen molar-refractivity contribution in [3.05, 3.63) is 50.8 Å². The lowest BCUT2D eigenvalue weighted by Crippen LogP contribution is -2.08. The quantitative estimate of drug-likeness (QED) is 0.411. The van der Waals surface area contributed by atoms with Crippen molar-refractivity contribution < 1.29 is 9.00 Å². The Bertz CT molecular complexity index is 761. The molecule has 7 heteroatoms. The number of ketones is 1. The van der Waals surface area contributed by atoms with Crippen LogP contribution in [0.25, 0.3) is 0 Å². The van der Waals surface area contributed by atoms with Crippen molar-refractivity contribution in [1.29, 1.82) is 0 Å². The van der Waals surface area contributed by atoms with Crippen molar-refractivity contribution >= 4 is 51.3 Å². The summed E-state index contributed by atoms with van der Waals surface area (Å²) in [7, 11) is 0.400. The molecule has 2 aromatic rings. The third-order valence-electron chi connectivity index (χ3n) is 4.01. The standard InChI is InChI=1S/C18H21Cl2NO2S2/c1-12(14-8-7-13(19)11-15(14)20)5-3-4-6-16(22)17-9-10-18(24-17)25(23)21-2/h7-12,21H,3-6H2,1-2H3/t12-,25?/m0/s1. The third-order valence-corrected chi connectivity index (χ3v) is 7.07. The first-order valence-electron chi connectivity index (χ1n) is 8.09. The topological polar surface area (TPSA) is 46.2 Å². The van der Waals surface area contributed by atoms with Gasteiger partial charge in [0.05, 0.1) is 4.88 Å². The van der Waals surface area contributed by atoms with Gasteiger partial charge in [0.15, 0.2) is 5.78 Å². The number of carbonyl (C=O) groups excluding carboxylic acids is 1. The van der Waals surface area contributed by atoms with E-state index in [0.717, 1.165) is 24.8 Å². The van der Waals surface area contributed by atoms with Gasteiger partial charge >= 0.3 is 0 Å². The molecule has 0 spiro atoms. The van der Waals surface area contributed by atoms with Gasteiger partial charge in [-0.15, -0.1) is 11.3 Å². The number of halogens is 2. The summed E-state index contributed by atoms with van der Waals surface area (Å²) in [6.07, 6.45) is 3.25. The summed E-state index contributed by atoms with van der Waals surface area (Å²) >= 11 is 13.5. The zero-order valence-corrected chi connectivity index (χ0v) is 17.3. The summed E-state index contributed by atoms with van der Waals surface area (Å²) in [5.74, 6) is 0.438. The first-order valence-corrected chi connectivity index (χ1v) is 10.8. The van der Waals surface area contributed by atoms with Crippen LogP contribution in [0.3, 0.4) is 0 Å². The van der Waals surface area contributed by atoms with E-state index in [1.54, 1.807) is 25.2 Å². The maximum Gasteiger partial charge on any atom is 0.172 e. The number of rotatable bonds is 9. The minimum Gasteiger partial charge on any atom is -0.293 e. The van der Waals surface area contributed by atoms with E-state index in [-0.39, 0.29) is 5.78 Å². The Labute approximate surface area is 165 Å². The predicted molar refractivity (Wildman–Crippen MR) is 107 cm³/mol. The highest BCUT2D eigenvalue weighted by atomic mass is 35.5. The minimum atomic E-state index is -1.23. The number of carbonyl (C=O) groups is 1. The molecule has 2 atom stereocenters. The highest BCUT2D eigenvalue weighted by molar-refractivity contribution is 7.85. The van der Waals surface area contributed by atoms with Gasteiger partial charge in [-0.3, -0.25) is 4.79 Å². The van der Waals surface area contributed by atoms with E-state index in [2.05, 4.69) is 11.6 Å².